The lowest BCUT2D eigenvalue weighted by atomic mass is 10.5. The molecule has 0 bridgehead atoms. The Hall–Kier alpha value is -0.875. The number of nitrogens with one attached hydrogen (secondary N) is 3. The molecule has 0 saturated carbocycles. The molecule has 0 aromatic heterocycles. The van der Waals surface area contributed by atoms with Crippen LogP contribution in [0.25, 0.3) is 0 Å². The van der Waals surface area contributed by atoms with Crippen LogP contribution in [0.3, 0.4) is 0 Å². The molecule has 17 heavy (non-hydrogen) atoms. The van der Waals surface area contributed by atoms with E-state index in [2.05, 4.69) is 39.8 Å². The first-order valence-electron chi connectivity index (χ1n) is 4.34. The maximum atomic E-state index is 7.28. The molecule has 0 aliphatic heterocycles. The molecule has 10 heteroatoms. The monoisotopic (exact) mass is 367 g/mol. The predicted octanol–water partition coefficient (Wildman–Crippen LogP) is -0.392. The Bertz CT molecular complexity index is 98.9. The highest BCUT2D eigenvalue weighted by Crippen LogP contribution is 1.48. The maximum Gasteiger partial charge on any atom is 0.432 e. The molecular weight excluding hydrogens is 338 g/mol. The van der Waals surface area contributed by atoms with Crippen molar-refractivity contribution in [1.29, 1.82) is 17.6 Å². The fourth-order valence-corrected chi connectivity index (χ4v) is 0. The number of nitrogens with two attached hydrogens (primary N) is 3. The molecule has 108 valence electrons. The van der Waals surface area contributed by atoms with Crippen molar-refractivity contribution < 1.29 is 10.0 Å². The third kappa shape index (κ3) is 3400. The molecule has 0 aromatic carbocycles. The zero-order chi connectivity index (χ0) is 15.7. The summed E-state index contributed by atoms with van der Waals surface area (Å²) in [5.74, 6) is 0. The second-order valence-electron chi connectivity index (χ2n) is 0.615. The first-order valence-corrected chi connectivity index (χ1v) is 5.92. The van der Waals surface area contributed by atoms with Gasteiger partial charge in [0, 0.05) is 0 Å². The summed E-state index contributed by atoms with van der Waals surface area (Å²) in [5.41, 5.74) is 13.2. The second kappa shape index (κ2) is 309. The van der Waals surface area contributed by atoms with Crippen molar-refractivity contribution in [3.63, 3.8) is 0 Å². The van der Waals surface area contributed by atoms with Crippen molar-refractivity contribution in [2.75, 3.05) is 4.93 Å². The molecule has 0 aliphatic carbocycles. The van der Waals surface area contributed by atoms with Crippen LogP contribution in [0.5, 0.6) is 0 Å². The summed E-state index contributed by atoms with van der Waals surface area (Å²) in [6.07, 6.45) is 2.25. The molecule has 0 amide bonds. The number of halogens is 1. The first kappa shape index (κ1) is 36.0. The van der Waals surface area contributed by atoms with E-state index in [0.29, 0.717) is 0 Å². The van der Waals surface area contributed by atoms with Crippen molar-refractivity contribution in [3.8, 4) is 0 Å². The van der Waals surface area contributed by atoms with Gasteiger partial charge in [0.15, 0.2) is 0 Å². The Kier molecular flexibility index (Phi) is 654. The SMILES string of the molecule is C.CC.CI.N=CN.N=CN.N=CN.[2H]B(O)O. The normalized spacial score (nSPS) is 4.47. The van der Waals surface area contributed by atoms with Crippen LogP contribution in [0.1, 0.15) is 21.3 Å². The largest absolute Gasteiger partial charge is 0.432 e. The molecule has 0 heterocycles. The Morgan fingerprint density at radius 3 is 1.00 bits per heavy atom. The van der Waals surface area contributed by atoms with Gasteiger partial charge in [-0.3, -0.25) is 16.2 Å². The van der Waals surface area contributed by atoms with E-state index in [9.17, 15) is 0 Å². The summed E-state index contributed by atoms with van der Waals surface area (Å²) in [6, 6.07) is 0. The van der Waals surface area contributed by atoms with E-state index >= 15 is 0 Å². The molecule has 0 radical (unpaired) electrons. The van der Waals surface area contributed by atoms with Crippen molar-refractivity contribution >= 4 is 49.3 Å². The molecule has 0 rings (SSSR count). The Labute approximate surface area is 120 Å². The average Bonchev–Trinajstić information content (AvgIpc) is 2.25. The summed E-state index contributed by atoms with van der Waals surface area (Å²) >= 11 is 2.15. The second-order valence-corrected chi connectivity index (χ2v) is 0.615. The van der Waals surface area contributed by atoms with Crippen LogP contribution in [0.15, 0.2) is 0 Å². The van der Waals surface area contributed by atoms with Gasteiger partial charge in [0.1, 0.15) is 0 Å². The minimum atomic E-state index is -1.92. The van der Waals surface area contributed by atoms with E-state index in [4.69, 9.17) is 27.6 Å². The van der Waals surface area contributed by atoms with Gasteiger partial charge >= 0.3 is 7.65 Å². The van der Waals surface area contributed by atoms with Gasteiger partial charge in [-0.1, -0.05) is 43.9 Å². The van der Waals surface area contributed by atoms with Gasteiger partial charge in [-0.05, 0) is 4.93 Å². The molecular formula is C7H28BIN6O2. The minimum absolute atomic E-state index is 0. The Morgan fingerprint density at radius 2 is 1.00 bits per heavy atom. The molecule has 8 nitrogen and oxygen atoms in total. The van der Waals surface area contributed by atoms with Crippen LogP contribution in [-0.4, -0.2) is 43.0 Å². The number of alkyl halides is 1. The van der Waals surface area contributed by atoms with Gasteiger partial charge in [0.05, 0.1) is 20.4 Å². The standard InChI is InChI=1S/C2H6.CH3I.3CH4N2.CH4.BH3O2/c2*1-2;3*2-1-3;;2-1-3/h1-2H3;1H3;3*1H,(H3,2,3);1H4;1-3H/i;;;;;;1D. The molecule has 11 N–H and O–H groups in total. The average molecular weight is 367 g/mol. The van der Waals surface area contributed by atoms with Crippen molar-refractivity contribution in [2.45, 2.75) is 21.3 Å². The molecule has 0 atom stereocenters. The van der Waals surface area contributed by atoms with Crippen LogP contribution in [-0.2, 0) is 0 Å². The summed E-state index contributed by atoms with van der Waals surface area (Å²) in [5, 5.41) is 32.1. The van der Waals surface area contributed by atoms with Crippen LogP contribution < -0.4 is 17.2 Å². The smallest absolute Gasteiger partial charge is 0.430 e. The van der Waals surface area contributed by atoms with Gasteiger partial charge in [-0.25, -0.2) is 0 Å². The van der Waals surface area contributed by atoms with Gasteiger partial charge in [-0.15, -0.1) is 0 Å². The van der Waals surface area contributed by atoms with Gasteiger partial charge in [0.2, 0.25) is 0 Å². The van der Waals surface area contributed by atoms with E-state index in [0.717, 1.165) is 19.0 Å². The third-order valence-electron chi connectivity index (χ3n) is 0. The summed E-state index contributed by atoms with van der Waals surface area (Å²) < 4.78 is 5.69. The van der Waals surface area contributed by atoms with E-state index in [1.54, 1.807) is 0 Å². The van der Waals surface area contributed by atoms with Crippen LogP contribution in [0, 0.1) is 16.2 Å². The van der Waals surface area contributed by atoms with Gasteiger partial charge in [-0.2, -0.15) is 0 Å². The summed E-state index contributed by atoms with van der Waals surface area (Å²) in [6.45, 7) is 4.00. The van der Waals surface area contributed by atoms with Gasteiger partial charge < -0.3 is 27.2 Å². The highest BCUT2D eigenvalue weighted by atomic mass is 127. The topological polar surface area (TPSA) is 190 Å². The quantitative estimate of drug-likeness (QED) is 0.0949. The summed E-state index contributed by atoms with van der Waals surface area (Å²) in [4.78, 5) is 1.97. The molecule has 0 fully saturated rings. The van der Waals surface area contributed by atoms with E-state index in [1.807, 2.05) is 18.8 Å². The lowest BCUT2D eigenvalue weighted by Gasteiger charge is -1.48. The molecule has 0 saturated heterocycles. The number of hydrogen-bond donors (Lipinski definition) is 8. The maximum absolute atomic E-state index is 7.28. The van der Waals surface area contributed by atoms with E-state index in [1.165, 1.54) is 0 Å². The number of rotatable bonds is 0. The predicted molar refractivity (Wildman–Crippen MR) is 88.5 cm³/mol. The zero-order valence-corrected chi connectivity index (χ0v) is 12.0. The summed E-state index contributed by atoms with van der Waals surface area (Å²) in [7, 11) is -1.92. The molecule has 0 aliphatic rings. The van der Waals surface area contributed by atoms with E-state index < -0.39 is 7.65 Å². The Balaban J connectivity index is -0.0000000163. The highest BCUT2D eigenvalue weighted by molar-refractivity contribution is 14.1. The first-order chi connectivity index (χ1) is 7.97. The molecule has 0 spiro atoms. The third-order valence-corrected chi connectivity index (χ3v) is 0. The minimum Gasteiger partial charge on any atom is -0.430 e. The highest BCUT2D eigenvalue weighted by Gasteiger charge is 1.48. The lowest BCUT2D eigenvalue weighted by Crippen LogP contribution is -1.81. The Morgan fingerprint density at radius 1 is 1.00 bits per heavy atom. The van der Waals surface area contributed by atoms with Crippen LogP contribution >= 0.6 is 22.6 Å². The van der Waals surface area contributed by atoms with Crippen LogP contribution in [0.2, 0.25) is 0 Å². The van der Waals surface area contributed by atoms with Crippen molar-refractivity contribution in [1.82, 2.24) is 0 Å². The van der Waals surface area contributed by atoms with Crippen molar-refractivity contribution in [2.24, 2.45) is 17.2 Å². The lowest BCUT2D eigenvalue weighted by molar-refractivity contribution is 0.448. The fraction of sp³-hybridized carbons (Fsp3) is 0.571. The fourth-order valence-electron chi connectivity index (χ4n) is 0. The number of hydrogen-bond acceptors (Lipinski definition) is 5. The molecule has 0 aromatic rings. The molecule has 0 unspecified atom stereocenters. The zero-order valence-electron chi connectivity index (χ0n) is 10.8. The van der Waals surface area contributed by atoms with Gasteiger partial charge in [0.25, 0.3) is 0 Å². The van der Waals surface area contributed by atoms with E-state index in [-0.39, 0.29) is 7.43 Å². The van der Waals surface area contributed by atoms with Crippen molar-refractivity contribution in [3.05, 3.63) is 0 Å². The van der Waals surface area contributed by atoms with Crippen LogP contribution in [0.4, 0.5) is 0 Å².